The minimum Gasteiger partial charge on any atom is -0.503 e. The van der Waals surface area contributed by atoms with Gasteiger partial charge in [0.25, 0.3) is 5.91 Å². The topological polar surface area (TPSA) is 117 Å². The number of carbonyl (C=O) groups is 3. The maximum Gasteiger partial charge on any atom is 0.294 e. The lowest BCUT2D eigenvalue weighted by atomic mass is 9.90. The van der Waals surface area contributed by atoms with Crippen molar-refractivity contribution in [1.82, 2.24) is 10.1 Å². The van der Waals surface area contributed by atoms with Crippen molar-refractivity contribution in [2.24, 2.45) is 5.92 Å². The van der Waals surface area contributed by atoms with Crippen molar-refractivity contribution in [2.75, 3.05) is 16.3 Å². The summed E-state index contributed by atoms with van der Waals surface area (Å²) in [5.74, 6) is -1.17. The Bertz CT molecular complexity index is 1390. The van der Waals surface area contributed by atoms with Gasteiger partial charge in [-0.2, -0.15) is 4.98 Å². The highest BCUT2D eigenvalue weighted by Gasteiger charge is 2.46. The molecule has 9 heteroatoms. The van der Waals surface area contributed by atoms with E-state index in [-0.39, 0.29) is 17.3 Å². The summed E-state index contributed by atoms with van der Waals surface area (Å²) in [6.07, 6.45) is 1.17. The number of aromatic nitrogens is 2. The normalized spacial score (nSPS) is 18.2. The average Bonchev–Trinajstić information content (AvgIpc) is 3.57. The molecule has 3 heterocycles. The molecule has 1 saturated heterocycles. The van der Waals surface area contributed by atoms with Crippen LogP contribution < -0.4 is 9.80 Å². The second-order valence-electron chi connectivity index (χ2n) is 9.25. The molecular weight excluding hydrogens is 460 g/mol. The Morgan fingerprint density at radius 2 is 1.83 bits per heavy atom. The molecule has 0 radical (unpaired) electrons. The van der Waals surface area contributed by atoms with Gasteiger partial charge in [0.2, 0.25) is 17.6 Å². The largest absolute Gasteiger partial charge is 0.503 e. The fourth-order valence-electron chi connectivity index (χ4n) is 4.78. The van der Waals surface area contributed by atoms with Crippen LogP contribution in [0.5, 0.6) is 0 Å². The van der Waals surface area contributed by atoms with Gasteiger partial charge in [0, 0.05) is 48.3 Å². The number of hydrogen-bond acceptors (Lipinski definition) is 7. The number of amides is 2. The van der Waals surface area contributed by atoms with Crippen molar-refractivity contribution in [1.29, 1.82) is 0 Å². The number of benzene rings is 2. The van der Waals surface area contributed by atoms with Crippen LogP contribution in [0, 0.1) is 12.8 Å². The number of aryl methyl sites for hydroxylation is 1. The summed E-state index contributed by atoms with van der Waals surface area (Å²) in [6, 6.07) is 13.3. The Kier molecular flexibility index (Phi) is 5.91. The van der Waals surface area contributed by atoms with Crippen LogP contribution in [0.4, 0.5) is 11.4 Å². The van der Waals surface area contributed by atoms with Gasteiger partial charge < -0.3 is 14.5 Å². The molecule has 36 heavy (non-hydrogen) atoms. The van der Waals surface area contributed by atoms with E-state index >= 15 is 0 Å². The van der Waals surface area contributed by atoms with Crippen LogP contribution in [0.15, 0.2) is 64.4 Å². The molecule has 1 fully saturated rings. The minimum atomic E-state index is -0.893. The number of aliphatic hydroxyl groups is 1. The number of ketones is 1. The third-order valence-electron chi connectivity index (χ3n) is 6.52. The molecule has 2 amide bonds. The summed E-state index contributed by atoms with van der Waals surface area (Å²) in [5, 5.41) is 14.9. The SMILES string of the molecule is Cc1nc(-c2ccc(N3C(=O)C(O)=C(C(=O)C(C)C)C3c3ccccc3N3CCCC3=O)cc2)no1. The first-order valence-electron chi connectivity index (χ1n) is 11.9. The Hall–Kier alpha value is -4.27. The number of Topliss-reactive ketones (excluding diaryl/α,β-unsaturated/α-hetero) is 1. The van der Waals surface area contributed by atoms with Gasteiger partial charge in [0.1, 0.15) is 0 Å². The van der Waals surface area contributed by atoms with Crippen LogP contribution >= 0.6 is 0 Å². The fraction of sp³-hybridized carbons (Fsp3) is 0.296. The summed E-state index contributed by atoms with van der Waals surface area (Å²) in [7, 11) is 0. The quantitative estimate of drug-likeness (QED) is 0.552. The molecule has 0 aliphatic carbocycles. The van der Waals surface area contributed by atoms with E-state index in [0.717, 1.165) is 6.42 Å². The van der Waals surface area contributed by atoms with Gasteiger partial charge in [-0.15, -0.1) is 0 Å². The maximum atomic E-state index is 13.4. The first-order chi connectivity index (χ1) is 17.3. The highest BCUT2D eigenvalue weighted by atomic mass is 16.5. The summed E-state index contributed by atoms with van der Waals surface area (Å²) < 4.78 is 5.05. The molecule has 9 nitrogen and oxygen atoms in total. The molecule has 3 aromatic rings. The third-order valence-corrected chi connectivity index (χ3v) is 6.52. The highest BCUT2D eigenvalue weighted by Crippen LogP contribution is 2.45. The van der Waals surface area contributed by atoms with Gasteiger partial charge in [-0.05, 0) is 36.8 Å². The van der Waals surface area contributed by atoms with E-state index in [0.29, 0.717) is 47.2 Å². The van der Waals surface area contributed by atoms with Gasteiger partial charge in [-0.25, -0.2) is 0 Å². The predicted octanol–water partition coefficient (Wildman–Crippen LogP) is 4.30. The lowest BCUT2D eigenvalue weighted by Crippen LogP contribution is -2.33. The van der Waals surface area contributed by atoms with Crippen molar-refractivity contribution in [3.63, 3.8) is 0 Å². The van der Waals surface area contributed by atoms with E-state index < -0.39 is 23.6 Å². The number of hydrogen-bond donors (Lipinski definition) is 1. The van der Waals surface area contributed by atoms with Gasteiger partial charge in [-0.3, -0.25) is 19.3 Å². The maximum absolute atomic E-state index is 13.4. The van der Waals surface area contributed by atoms with E-state index in [9.17, 15) is 19.5 Å². The first kappa shape index (κ1) is 23.5. The van der Waals surface area contributed by atoms with Crippen molar-refractivity contribution in [3.8, 4) is 11.4 Å². The van der Waals surface area contributed by atoms with Gasteiger partial charge in [-0.1, -0.05) is 37.2 Å². The molecule has 0 spiro atoms. The number of nitrogens with zero attached hydrogens (tertiary/aromatic N) is 4. The Balaban J connectivity index is 1.64. The average molecular weight is 487 g/mol. The number of aliphatic hydroxyl groups excluding tert-OH is 1. The molecule has 1 atom stereocenters. The van der Waals surface area contributed by atoms with Gasteiger partial charge >= 0.3 is 0 Å². The van der Waals surface area contributed by atoms with Crippen molar-refractivity contribution >= 4 is 29.0 Å². The van der Waals surface area contributed by atoms with Crippen LogP contribution in [0.1, 0.15) is 44.2 Å². The monoisotopic (exact) mass is 486 g/mol. The lowest BCUT2D eigenvalue weighted by Gasteiger charge is -2.31. The van der Waals surface area contributed by atoms with E-state index in [4.69, 9.17) is 4.52 Å². The molecule has 2 aromatic carbocycles. The minimum absolute atomic E-state index is 0.0111. The van der Waals surface area contributed by atoms with E-state index in [2.05, 4.69) is 10.1 Å². The van der Waals surface area contributed by atoms with Gasteiger partial charge in [0.15, 0.2) is 11.5 Å². The van der Waals surface area contributed by atoms with E-state index in [1.165, 1.54) is 4.90 Å². The van der Waals surface area contributed by atoms with E-state index in [1.807, 2.05) is 12.1 Å². The summed E-state index contributed by atoms with van der Waals surface area (Å²) >= 11 is 0. The molecule has 0 bridgehead atoms. The number of rotatable bonds is 6. The molecule has 1 unspecified atom stereocenters. The van der Waals surface area contributed by atoms with E-state index in [1.54, 1.807) is 62.1 Å². The summed E-state index contributed by atoms with van der Waals surface area (Å²) in [6.45, 7) is 5.70. The number of para-hydroxylation sites is 1. The highest BCUT2D eigenvalue weighted by molar-refractivity contribution is 6.17. The van der Waals surface area contributed by atoms with Crippen molar-refractivity contribution in [2.45, 2.75) is 39.7 Å². The van der Waals surface area contributed by atoms with Crippen LogP contribution in [0.2, 0.25) is 0 Å². The molecule has 1 aromatic heterocycles. The molecule has 5 rings (SSSR count). The standard InChI is InChI=1S/C27H26N4O5/c1-15(2)24(33)22-23(19-7-4-5-8-20(19)30-14-6-9-21(30)32)31(27(35)25(22)34)18-12-10-17(11-13-18)26-28-16(3)36-29-26/h4-5,7-8,10-13,15,23,34H,6,9,14H2,1-3H3. The lowest BCUT2D eigenvalue weighted by molar-refractivity contribution is -0.119. The third kappa shape index (κ3) is 3.86. The molecular formula is C27H26N4O5. The van der Waals surface area contributed by atoms with Crippen molar-refractivity contribution in [3.05, 3.63) is 71.3 Å². The molecule has 1 N–H and O–H groups in total. The smallest absolute Gasteiger partial charge is 0.294 e. The second kappa shape index (κ2) is 9.07. The molecule has 184 valence electrons. The van der Waals surface area contributed by atoms with Gasteiger partial charge in [0.05, 0.1) is 11.6 Å². The zero-order valence-corrected chi connectivity index (χ0v) is 20.3. The number of anilines is 2. The Morgan fingerprint density at radius 3 is 2.44 bits per heavy atom. The summed E-state index contributed by atoms with van der Waals surface area (Å²) in [4.78, 5) is 46.7. The van der Waals surface area contributed by atoms with Crippen molar-refractivity contribution < 1.29 is 24.0 Å². The second-order valence-corrected chi connectivity index (χ2v) is 9.25. The van der Waals surface area contributed by atoms with Crippen LogP contribution in [-0.2, 0) is 14.4 Å². The molecule has 2 aliphatic heterocycles. The predicted molar refractivity (Wildman–Crippen MR) is 132 cm³/mol. The van der Waals surface area contributed by atoms with Crippen LogP contribution in [0.25, 0.3) is 11.4 Å². The zero-order chi connectivity index (χ0) is 25.6. The molecule has 0 saturated carbocycles. The van der Waals surface area contributed by atoms with Crippen LogP contribution in [0.3, 0.4) is 0 Å². The first-order valence-corrected chi connectivity index (χ1v) is 11.9. The summed E-state index contributed by atoms with van der Waals surface area (Å²) in [5.41, 5.74) is 2.44. The Labute approximate surface area is 208 Å². The van der Waals surface area contributed by atoms with Crippen LogP contribution in [-0.4, -0.2) is 39.4 Å². The fourth-order valence-corrected chi connectivity index (χ4v) is 4.78. The zero-order valence-electron chi connectivity index (χ0n) is 20.3. The molecule has 2 aliphatic rings. The number of carbonyl (C=O) groups excluding carboxylic acids is 3. The Morgan fingerprint density at radius 1 is 1.11 bits per heavy atom.